The Bertz CT molecular complexity index is 542. The van der Waals surface area contributed by atoms with E-state index in [4.69, 9.17) is 10.5 Å². The van der Waals surface area contributed by atoms with E-state index in [0.717, 1.165) is 42.8 Å². The number of likely N-dealkylation sites (N-methyl/N-ethyl adjacent to an activating group) is 1. The molecule has 0 spiro atoms. The monoisotopic (exact) mass is 259 g/mol. The first kappa shape index (κ1) is 13.8. The van der Waals surface area contributed by atoms with E-state index in [0.29, 0.717) is 0 Å². The minimum atomic E-state index is 0.744. The van der Waals surface area contributed by atoms with Gasteiger partial charge in [-0.1, -0.05) is 13.0 Å². The standard InChI is InChI=1S/C15H21N3O/c1-3-18(9-10-19-2)11-12-6-7-14(16)13-5-4-8-17-15(12)13/h4-8H,3,9-11,16H2,1-2H3. The van der Waals surface area contributed by atoms with E-state index in [1.807, 2.05) is 24.4 Å². The molecule has 0 amide bonds. The summed E-state index contributed by atoms with van der Waals surface area (Å²) in [6.45, 7) is 5.68. The van der Waals surface area contributed by atoms with E-state index < -0.39 is 0 Å². The number of benzene rings is 1. The predicted octanol–water partition coefficient (Wildman–Crippen LogP) is 2.29. The highest BCUT2D eigenvalue weighted by molar-refractivity contribution is 5.92. The van der Waals surface area contributed by atoms with Crippen molar-refractivity contribution in [2.45, 2.75) is 13.5 Å². The molecule has 1 aromatic carbocycles. The van der Waals surface area contributed by atoms with Crippen molar-refractivity contribution in [1.82, 2.24) is 9.88 Å². The smallest absolute Gasteiger partial charge is 0.0767 e. The van der Waals surface area contributed by atoms with Crippen LogP contribution in [0.1, 0.15) is 12.5 Å². The van der Waals surface area contributed by atoms with Crippen molar-refractivity contribution in [2.75, 3.05) is 32.5 Å². The summed E-state index contributed by atoms with van der Waals surface area (Å²) in [6.07, 6.45) is 1.82. The molecule has 2 aromatic rings. The van der Waals surface area contributed by atoms with Gasteiger partial charge in [0.1, 0.15) is 0 Å². The van der Waals surface area contributed by atoms with E-state index in [1.165, 1.54) is 5.56 Å². The Kier molecular flexibility index (Phi) is 4.71. The van der Waals surface area contributed by atoms with Crippen LogP contribution in [0.3, 0.4) is 0 Å². The van der Waals surface area contributed by atoms with Gasteiger partial charge in [0.05, 0.1) is 12.1 Å². The van der Waals surface area contributed by atoms with Crippen molar-refractivity contribution in [1.29, 1.82) is 0 Å². The Morgan fingerprint density at radius 3 is 2.89 bits per heavy atom. The Balaban J connectivity index is 2.27. The number of hydrogen-bond donors (Lipinski definition) is 1. The maximum atomic E-state index is 6.00. The summed E-state index contributed by atoms with van der Waals surface area (Å²) in [6, 6.07) is 7.97. The van der Waals surface area contributed by atoms with Crippen LogP contribution in [-0.2, 0) is 11.3 Å². The lowest BCUT2D eigenvalue weighted by molar-refractivity contribution is 0.147. The molecule has 1 aromatic heterocycles. The summed E-state index contributed by atoms with van der Waals surface area (Å²) in [5.41, 5.74) is 8.99. The topological polar surface area (TPSA) is 51.4 Å². The third-order valence-electron chi connectivity index (χ3n) is 3.34. The van der Waals surface area contributed by atoms with Gasteiger partial charge < -0.3 is 10.5 Å². The van der Waals surface area contributed by atoms with Gasteiger partial charge in [0.2, 0.25) is 0 Å². The van der Waals surface area contributed by atoms with Gasteiger partial charge in [0.25, 0.3) is 0 Å². The Labute approximate surface area is 114 Å². The maximum Gasteiger partial charge on any atom is 0.0767 e. The molecule has 4 heteroatoms. The molecule has 102 valence electrons. The summed E-state index contributed by atoms with van der Waals surface area (Å²) < 4.78 is 5.14. The normalized spacial score (nSPS) is 11.3. The highest BCUT2D eigenvalue weighted by Crippen LogP contribution is 2.23. The quantitative estimate of drug-likeness (QED) is 0.809. The lowest BCUT2D eigenvalue weighted by Crippen LogP contribution is -2.26. The van der Waals surface area contributed by atoms with Crippen LogP contribution >= 0.6 is 0 Å². The fourth-order valence-corrected chi connectivity index (χ4v) is 2.19. The van der Waals surface area contributed by atoms with Crippen LogP contribution in [0.4, 0.5) is 5.69 Å². The van der Waals surface area contributed by atoms with Crippen LogP contribution in [0, 0.1) is 0 Å². The van der Waals surface area contributed by atoms with Crippen LogP contribution in [0.25, 0.3) is 10.9 Å². The van der Waals surface area contributed by atoms with Crippen LogP contribution in [0.15, 0.2) is 30.5 Å². The number of nitrogens with zero attached hydrogens (tertiary/aromatic N) is 2. The molecule has 1 heterocycles. The molecule has 2 rings (SSSR count). The van der Waals surface area contributed by atoms with E-state index in [1.54, 1.807) is 7.11 Å². The molecule has 4 nitrogen and oxygen atoms in total. The lowest BCUT2D eigenvalue weighted by Gasteiger charge is -2.20. The van der Waals surface area contributed by atoms with Crippen molar-refractivity contribution in [3.63, 3.8) is 0 Å². The van der Waals surface area contributed by atoms with Gasteiger partial charge in [-0.25, -0.2) is 0 Å². The Morgan fingerprint density at radius 1 is 1.32 bits per heavy atom. The van der Waals surface area contributed by atoms with Gasteiger partial charge in [-0.15, -0.1) is 0 Å². The first-order valence-corrected chi connectivity index (χ1v) is 6.59. The molecule has 0 saturated carbocycles. The van der Waals surface area contributed by atoms with Crippen LogP contribution in [0.5, 0.6) is 0 Å². The molecule has 0 atom stereocenters. The summed E-state index contributed by atoms with van der Waals surface area (Å²) in [4.78, 5) is 6.81. The maximum absolute atomic E-state index is 6.00. The fourth-order valence-electron chi connectivity index (χ4n) is 2.19. The molecule has 0 bridgehead atoms. The van der Waals surface area contributed by atoms with Crippen molar-refractivity contribution < 1.29 is 4.74 Å². The Hall–Kier alpha value is -1.65. The number of nitrogen functional groups attached to an aromatic ring is 1. The molecule has 0 aliphatic carbocycles. The number of anilines is 1. The van der Waals surface area contributed by atoms with Gasteiger partial charge >= 0.3 is 0 Å². The fraction of sp³-hybridized carbons (Fsp3) is 0.400. The molecule has 0 radical (unpaired) electrons. The highest BCUT2D eigenvalue weighted by Gasteiger charge is 2.09. The van der Waals surface area contributed by atoms with E-state index >= 15 is 0 Å². The number of methoxy groups -OCH3 is 1. The largest absolute Gasteiger partial charge is 0.398 e. The van der Waals surface area contributed by atoms with Gasteiger partial charge in [0, 0.05) is 37.5 Å². The third-order valence-corrected chi connectivity index (χ3v) is 3.34. The number of aromatic nitrogens is 1. The number of nitrogens with two attached hydrogens (primary N) is 1. The zero-order valence-corrected chi connectivity index (χ0v) is 11.6. The second-order valence-corrected chi connectivity index (χ2v) is 4.58. The number of rotatable bonds is 6. The van der Waals surface area contributed by atoms with E-state index in [2.05, 4.69) is 22.9 Å². The number of fused-ring (bicyclic) bond motifs is 1. The average Bonchev–Trinajstić information content (AvgIpc) is 2.46. The summed E-state index contributed by atoms with van der Waals surface area (Å²) in [7, 11) is 1.73. The second kappa shape index (κ2) is 6.50. The molecule has 0 saturated heterocycles. The van der Waals surface area contributed by atoms with Gasteiger partial charge in [-0.05, 0) is 30.3 Å². The van der Waals surface area contributed by atoms with Crippen LogP contribution < -0.4 is 5.73 Å². The van der Waals surface area contributed by atoms with E-state index in [9.17, 15) is 0 Å². The SMILES string of the molecule is CCN(CCOC)Cc1ccc(N)c2cccnc12. The molecular weight excluding hydrogens is 238 g/mol. The highest BCUT2D eigenvalue weighted by atomic mass is 16.5. The number of hydrogen-bond acceptors (Lipinski definition) is 4. The molecule has 0 aliphatic heterocycles. The zero-order valence-electron chi connectivity index (χ0n) is 11.6. The van der Waals surface area contributed by atoms with Crippen molar-refractivity contribution in [2.24, 2.45) is 0 Å². The number of ether oxygens (including phenoxy) is 1. The summed E-state index contributed by atoms with van der Waals surface area (Å²) >= 11 is 0. The Morgan fingerprint density at radius 2 is 2.16 bits per heavy atom. The first-order valence-electron chi connectivity index (χ1n) is 6.59. The van der Waals surface area contributed by atoms with Gasteiger partial charge in [-0.3, -0.25) is 9.88 Å². The second-order valence-electron chi connectivity index (χ2n) is 4.58. The van der Waals surface area contributed by atoms with Crippen molar-refractivity contribution >= 4 is 16.6 Å². The zero-order chi connectivity index (χ0) is 13.7. The number of pyridine rings is 1. The van der Waals surface area contributed by atoms with Crippen molar-refractivity contribution in [3.05, 3.63) is 36.0 Å². The third kappa shape index (κ3) is 3.22. The predicted molar refractivity (Wildman–Crippen MR) is 79.0 cm³/mol. The minimum absolute atomic E-state index is 0.744. The van der Waals surface area contributed by atoms with Crippen LogP contribution in [0.2, 0.25) is 0 Å². The van der Waals surface area contributed by atoms with Gasteiger partial charge in [-0.2, -0.15) is 0 Å². The first-order chi connectivity index (χ1) is 9.26. The molecule has 19 heavy (non-hydrogen) atoms. The summed E-state index contributed by atoms with van der Waals surface area (Å²) in [5, 5.41) is 1.03. The van der Waals surface area contributed by atoms with Crippen LogP contribution in [-0.4, -0.2) is 36.7 Å². The molecule has 2 N–H and O–H groups in total. The molecule has 0 unspecified atom stereocenters. The van der Waals surface area contributed by atoms with E-state index in [-0.39, 0.29) is 0 Å². The molecular formula is C15H21N3O. The van der Waals surface area contributed by atoms with Crippen molar-refractivity contribution in [3.8, 4) is 0 Å². The summed E-state index contributed by atoms with van der Waals surface area (Å²) in [5.74, 6) is 0. The minimum Gasteiger partial charge on any atom is -0.398 e. The lowest BCUT2D eigenvalue weighted by atomic mass is 10.1. The molecule has 0 fully saturated rings. The van der Waals surface area contributed by atoms with Gasteiger partial charge in [0.15, 0.2) is 0 Å². The average molecular weight is 259 g/mol. The molecule has 0 aliphatic rings.